The number of hydrogen-bond acceptors (Lipinski definition) is 6. The second-order valence-electron chi connectivity index (χ2n) is 5.80. The van der Waals surface area contributed by atoms with Crippen molar-refractivity contribution in [2.24, 2.45) is 0 Å². The minimum Gasteiger partial charge on any atom is -0.493 e. The Balaban J connectivity index is 1.74. The van der Waals surface area contributed by atoms with Gasteiger partial charge >= 0.3 is 6.18 Å². The van der Waals surface area contributed by atoms with E-state index in [2.05, 4.69) is 20.7 Å². The lowest BCUT2D eigenvalue weighted by Crippen LogP contribution is -2.22. The second kappa shape index (κ2) is 8.17. The summed E-state index contributed by atoms with van der Waals surface area (Å²) in [5.41, 5.74) is -0.715. The summed E-state index contributed by atoms with van der Waals surface area (Å²) in [5.74, 6) is 0.474. The number of ether oxygens (including phenoxy) is 2. The maximum Gasteiger partial charge on any atom is 0.418 e. The maximum absolute atomic E-state index is 13.0. The van der Waals surface area contributed by atoms with Crippen molar-refractivity contribution in [2.45, 2.75) is 12.7 Å². The van der Waals surface area contributed by atoms with Gasteiger partial charge in [0.25, 0.3) is 0 Å². The summed E-state index contributed by atoms with van der Waals surface area (Å²) in [6.07, 6.45) is -4.59. The summed E-state index contributed by atoms with van der Waals surface area (Å²) in [7, 11) is 2.98. The second-order valence-corrected chi connectivity index (χ2v) is 5.80. The van der Waals surface area contributed by atoms with Gasteiger partial charge in [-0.15, -0.1) is 10.2 Å². The Hall–Kier alpha value is -3.63. The highest BCUT2D eigenvalue weighted by molar-refractivity contribution is 5.91. The standard InChI is InChI=1S/C18H16F3N5O3/c1-28-14-8-7-11(9-15(14)29-2)17-23-25-26(24-17)10-16(27)22-13-6-4-3-5-12(13)18(19,20)21/h3-9H,10H2,1-2H3,(H,22,27). The van der Waals surface area contributed by atoms with Crippen LogP contribution in [0.2, 0.25) is 0 Å². The Morgan fingerprint density at radius 3 is 2.52 bits per heavy atom. The fourth-order valence-corrected chi connectivity index (χ4v) is 2.56. The van der Waals surface area contributed by atoms with E-state index >= 15 is 0 Å². The van der Waals surface area contributed by atoms with Crippen LogP contribution in [0, 0.1) is 0 Å². The van der Waals surface area contributed by atoms with Crippen LogP contribution >= 0.6 is 0 Å². The van der Waals surface area contributed by atoms with Crippen molar-refractivity contribution in [3.8, 4) is 22.9 Å². The number of alkyl halides is 3. The molecule has 1 amide bonds. The third kappa shape index (κ3) is 4.62. The summed E-state index contributed by atoms with van der Waals surface area (Å²) in [6.45, 7) is -0.410. The molecule has 1 aromatic heterocycles. The monoisotopic (exact) mass is 407 g/mol. The van der Waals surface area contributed by atoms with Gasteiger partial charge in [-0.05, 0) is 35.5 Å². The lowest BCUT2D eigenvalue weighted by Gasteiger charge is -2.13. The predicted molar refractivity (Wildman–Crippen MR) is 96.4 cm³/mol. The molecule has 0 aliphatic rings. The number of anilines is 1. The van der Waals surface area contributed by atoms with Crippen LogP contribution in [0.5, 0.6) is 11.5 Å². The number of tetrazole rings is 1. The molecule has 0 unspecified atom stereocenters. The number of nitrogens with zero attached hydrogens (tertiary/aromatic N) is 4. The quantitative estimate of drug-likeness (QED) is 0.676. The van der Waals surface area contributed by atoms with Crippen molar-refractivity contribution in [3.05, 3.63) is 48.0 Å². The highest BCUT2D eigenvalue weighted by Crippen LogP contribution is 2.34. The number of carbonyl (C=O) groups is 1. The molecule has 29 heavy (non-hydrogen) atoms. The van der Waals surface area contributed by atoms with E-state index in [0.717, 1.165) is 10.9 Å². The normalized spacial score (nSPS) is 11.2. The predicted octanol–water partition coefficient (Wildman–Crippen LogP) is 3.01. The van der Waals surface area contributed by atoms with Crippen LogP contribution in [0.4, 0.5) is 18.9 Å². The lowest BCUT2D eigenvalue weighted by atomic mass is 10.1. The van der Waals surface area contributed by atoms with Crippen molar-refractivity contribution in [3.63, 3.8) is 0 Å². The molecule has 3 aromatic rings. The molecular formula is C18H16F3N5O3. The van der Waals surface area contributed by atoms with E-state index in [9.17, 15) is 18.0 Å². The summed E-state index contributed by atoms with van der Waals surface area (Å²) in [4.78, 5) is 13.1. The number of aromatic nitrogens is 4. The Morgan fingerprint density at radius 2 is 1.83 bits per heavy atom. The molecule has 0 radical (unpaired) electrons. The van der Waals surface area contributed by atoms with Crippen LogP contribution in [-0.2, 0) is 17.5 Å². The SMILES string of the molecule is COc1ccc(-c2nnn(CC(=O)Nc3ccccc3C(F)(F)F)n2)cc1OC. The van der Waals surface area contributed by atoms with Crippen molar-refractivity contribution >= 4 is 11.6 Å². The number of hydrogen-bond donors (Lipinski definition) is 1. The van der Waals surface area contributed by atoms with Crippen molar-refractivity contribution in [1.29, 1.82) is 0 Å². The summed E-state index contributed by atoms with van der Waals surface area (Å²) in [6, 6.07) is 9.68. The molecule has 0 bridgehead atoms. The van der Waals surface area contributed by atoms with Gasteiger partial charge in [-0.3, -0.25) is 4.79 Å². The highest BCUT2D eigenvalue weighted by atomic mass is 19.4. The zero-order valence-corrected chi connectivity index (χ0v) is 15.4. The average Bonchev–Trinajstić information content (AvgIpc) is 3.15. The molecule has 11 heteroatoms. The van der Waals surface area contributed by atoms with Gasteiger partial charge in [0.05, 0.1) is 25.5 Å². The van der Waals surface area contributed by atoms with Gasteiger partial charge < -0.3 is 14.8 Å². The van der Waals surface area contributed by atoms with Gasteiger partial charge in [-0.25, -0.2) is 0 Å². The lowest BCUT2D eigenvalue weighted by molar-refractivity contribution is -0.137. The molecule has 152 valence electrons. The zero-order valence-electron chi connectivity index (χ0n) is 15.4. The first-order valence-corrected chi connectivity index (χ1v) is 8.28. The van der Waals surface area contributed by atoms with Gasteiger partial charge in [0.1, 0.15) is 6.54 Å². The number of halogens is 3. The molecule has 3 rings (SSSR count). The number of rotatable bonds is 6. The Morgan fingerprint density at radius 1 is 1.10 bits per heavy atom. The first-order valence-electron chi connectivity index (χ1n) is 8.28. The topological polar surface area (TPSA) is 91.2 Å². The number of carbonyl (C=O) groups excluding carboxylic acids is 1. The smallest absolute Gasteiger partial charge is 0.418 e. The molecular weight excluding hydrogens is 391 g/mol. The van der Waals surface area contributed by atoms with E-state index in [1.54, 1.807) is 18.2 Å². The molecule has 0 aliphatic carbocycles. The van der Waals surface area contributed by atoms with Crippen LogP contribution in [0.1, 0.15) is 5.56 Å². The highest BCUT2D eigenvalue weighted by Gasteiger charge is 2.33. The molecule has 0 saturated heterocycles. The third-order valence-corrected chi connectivity index (χ3v) is 3.89. The minimum atomic E-state index is -4.59. The largest absolute Gasteiger partial charge is 0.493 e. The first-order chi connectivity index (χ1) is 13.8. The molecule has 0 spiro atoms. The van der Waals surface area contributed by atoms with Crippen molar-refractivity contribution in [2.75, 3.05) is 19.5 Å². The fourth-order valence-electron chi connectivity index (χ4n) is 2.56. The zero-order chi connectivity index (χ0) is 21.0. The number of para-hydroxylation sites is 1. The summed E-state index contributed by atoms with van der Waals surface area (Å²) >= 11 is 0. The molecule has 0 saturated carbocycles. The van der Waals surface area contributed by atoms with E-state index in [1.807, 2.05) is 0 Å². The Labute approximate surface area is 163 Å². The van der Waals surface area contributed by atoms with Gasteiger partial charge in [-0.2, -0.15) is 18.0 Å². The van der Waals surface area contributed by atoms with Crippen LogP contribution in [0.25, 0.3) is 11.4 Å². The molecule has 0 fully saturated rings. The van der Waals surface area contributed by atoms with E-state index in [4.69, 9.17) is 9.47 Å². The molecule has 0 atom stereocenters. The van der Waals surface area contributed by atoms with E-state index in [-0.39, 0.29) is 11.5 Å². The Kier molecular flexibility index (Phi) is 5.66. The van der Waals surface area contributed by atoms with Crippen LogP contribution in [0.3, 0.4) is 0 Å². The van der Waals surface area contributed by atoms with Gasteiger partial charge in [-0.1, -0.05) is 12.1 Å². The van der Waals surface area contributed by atoms with Crippen molar-refractivity contribution < 1.29 is 27.4 Å². The number of methoxy groups -OCH3 is 2. The number of amides is 1. The fraction of sp³-hybridized carbons (Fsp3) is 0.222. The van der Waals surface area contributed by atoms with Crippen LogP contribution in [-0.4, -0.2) is 40.3 Å². The van der Waals surface area contributed by atoms with Crippen LogP contribution in [0.15, 0.2) is 42.5 Å². The van der Waals surface area contributed by atoms with Gasteiger partial charge in [0.2, 0.25) is 11.7 Å². The molecule has 0 aliphatic heterocycles. The van der Waals surface area contributed by atoms with E-state index < -0.39 is 24.2 Å². The molecule has 8 nitrogen and oxygen atoms in total. The van der Waals surface area contributed by atoms with Crippen LogP contribution < -0.4 is 14.8 Å². The number of nitrogens with one attached hydrogen (secondary N) is 1. The molecule has 2 aromatic carbocycles. The third-order valence-electron chi connectivity index (χ3n) is 3.89. The van der Waals surface area contributed by atoms with E-state index in [0.29, 0.717) is 17.1 Å². The maximum atomic E-state index is 13.0. The first kappa shape index (κ1) is 20.1. The molecule has 1 heterocycles. The minimum absolute atomic E-state index is 0.217. The van der Waals surface area contributed by atoms with E-state index in [1.165, 1.54) is 32.4 Å². The molecule has 1 N–H and O–H groups in total. The van der Waals surface area contributed by atoms with Gasteiger partial charge in [0, 0.05) is 5.56 Å². The Bertz CT molecular complexity index is 1020. The summed E-state index contributed by atoms with van der Waals surface area (Å²) < 4.78 is 49.4. The van der Waals surface area contributed by atoms with Gasteiger partial charge in [0.15, 0.2) is 11.5 Å². The number of benzene rings is 2. The summed E-state index contributed by atoms with van der Waals surface area (Å²) in [5, 5.41) is 13.9. The average molecular weight is 407 g/mol. The van der Waals surface area contributed by atoms with Crippen molar-refractivity contribution in [1.82, 2.24) is 20.2 Å².